The number of nitro groups is 1. The topological polar surface area (TPSA) is 67.2 Å². The number of nitrogens with one attached hydrogen (secondary N) is 2. The Hall–Kier alpha value is -1.99. The van der Waals surface area contributed by atoms with Gasteiger partial charge in [0.1, 0.15) is 6.54 Å². The van der Waals surface area contributed by atoms with Crippen molar-refractivity contribution in [1.29, 1.82) is 0 Å². The first-order valence-electron chi connectivity index (χ1n) is 4.59. The number of hydrogen-bond acceptors (Lipinski definition) is 4. The first-order chi connectivity index (χ1) is 7.81. The molecule has 0 saturated carbocycles. The summed E-state index contributed by atoms with van der Waals surface area (Å²) >= 11 is 0. The zero-order chi connectivity index (χ0) is 13.1. The number of rotatable bonds is 4. The molecule has 0 aliphatic rings. The first-order valence-corrected chi connectivity index (χ1v) is 4.59. The Kier molecular flexibility index (Phi) is 3.77. The van der Waals surface area contributed by atoms with Crippen LogP contribution in [0.4, 0.5) is 30.2 Å². The lowest BCUT2D eigenvalue weighted by Gasteiger charge is -2.10. The second-order valence-electron chi connectivity index (χ2n) is 3.24. The van der Waals surface area contributed by atoms with Crippen LogP contribution in [0.3, 0.4) is 0 Å². The number of hydrogen-bond donors (Lipinski definition) is 2. The van der Waals surface area contributed by atoms with Gasteiger partial charge >= 0.3 is 6.18 Å². The number of nitrogens with zero attached hydrogens (tertiary/aromatic N) is 1. The maximum atomic E-state index is 12.0. The highest BCUT2D eigenvalue weighted by molar-refractivity contribution is 5.63. The molecule has 0 aromatic heterocycles. The number of halogens is 3. The fourth-order valence-corrected chi connectivity index (χ4v) is 1.17. The molecule has 1 rings (SSSR count). The van der Waals surface area contributed by atoms with E-state index >= 15 is 0 Å². The van der Waals surface area contributed by atoms with Gasteiger partial charge < -0.3 is 10.6 Å². The molecular formula is C9H10F3N3O2. The smallest absolute Gasteiger partial charge is 0.388 e. The Morgan fingerprint density at radius 3 is 2.35 bits per heavy atom. The average molecular weight is 249 g/mol. The summed E-state index contributed by atoms with van der Waals surface area (Å²) < 4.78 is 35.9. The van der Waals surface area contributed by atoms with Crippen LogP contribution in [0.5, 0.6) is 0 Å². The van der Waals surface area contributed by atoms with E-state index in [2.05, 4.69) is 10.6 Å². The minimum Gasteiger partial charge on any atom is -0.388 e. The van der Waals surface area contributed by atoms with Crippen molar-refractivity contribution in [2.75, 3.05) is 24.2 Å². The third-order valence-corrected chi connectivity index (χ3v) is 1.91. The van der Waals surface area contributed by atoms with Crippen molar-refractivity contribution >= 4 is 17.1 Å². The number of non-ortho nitro benzene ring substituents is 1. The second-order valence-corrected chi connectivity index (χ2v) is 3.24. The molecule has 1 aromatic rings. The number of alkyl halides is 3. The third-order valence-electron chi connectivity index (χ3n) is 1.91. The van der Waals surface area contributed by atoms with Crippen LogP contribution < -0.4 is 10.6 Å². The lowest BCUT2D eigenvalue weighted by molar-refractivity contribution is -0.384. The Balaban J connectivity index is 2.91. The molecule has 0 spiro atoms. The molecule has 17 heavy (non-hydrogen) atoms. The van der Waals surface area contributed by atoms with E-state index in [1.165, 1.54) is 19.2 Å². The first kappa shape index (κ1) is 13.1. The summed E-state index contributed by atoms with van der Waals surface area (Å²) in [5, 5.41) is 15.3. The zero-order valence-corrected chi connectivity index (χ0v) is 8.84. The largest absolute Gasteiger partial charge is 0.405 e. The Morgan fingerprint density at radius 2 is 1.88 bits per heavy atom. The van der Waals surface area contributed by atoms with Crippen LogP contribution in [0.15, 0.2) is 18.2 Å². The predicted molar refractivity (Wildman–Crippen MR) is 57.2 cm³/mol. The van der Waals surface area contributed by atoms with Gasteiger partial charge in [-0.3, -0.25) is 10.1 Å². The standard InChI is InChI=1S/C9H10F3N3O2/c1-13-6-2-7(14-5-9(10,11)12)4-8(3-6)15(16)17/h2-4,13-14H,5H2,1H3. The third kappa shape index (κ3) is 4.17. The van der Waals surface area contributed by atoms with Gasteiger partial charge in [0.05, 0.1) is 4.92 Å². The molecule has 0 atom stereocenters. The van der Waals surface area contributed by atoms with E-state index < -0.39 is 17.6 Å². The number of benzene rings is 1. The summed E-state index contributed by atoms with van der Waals surface area (Å²) in [6.45, 7) is -1.24. The normalized spacial score (nSPS) is 11.1. The summed E-state index contributed by atoms with van der Waals surface area (Å²) in [6, 6.07) is 3.64. The fraction of sp³-hybridized carbons (Fsp3) is 0.333. The van der Waals surface area contributed by atoms with Crippen molar-refractivity contribution in [3.8, 4) is 0 Å². The molecule has 8 heteroatoms. The minimum absolute atomic E-state index is 0.0425. The van der Waals surface area contributed by atoms with Gasteiger partial charge in [0, 0.05) is 30.6 Å². The molecule has 94 valence electrons. The van der Waals surface area contributed by atoms with Gasteiger partial charge in [-0.25, -0.2) is 0 Å². The molecule has 1 aromatic carbocycles. The van der Waals surface area contributed by atoms with Gasteiger partial charge in [-0.15, -0.1) is 0 Å². The van der Waals surface area contributed by atoms with Crippen LogP contribution in [0.2, 0.25) is 0 Å². The van der Waals surface area contributed by atoms with Gasteiger partial charge in [-0.05, 0) is 6.07 Å². The molecule has 2 N–H and O–H groups in total. The number of nitro benzene ring substituents is 1. The molecular weight excluding hydrogens is 239 g/mol. The van der Waals surface area contributed by atoms with Crippen LogP contribution in [0, 0.1) is 10.1 Å². The quantitative estimate of drug-likeness (QED) is 0.635. The van der Waals surface area contributed by atoms with Crippen LogP contribution >= 0.6 is 0 Å². The van der Waals surface area contributed by atoms with Crippen molar-refractivity contribution in [2.24, 2.45) is 0 Å². The molecule has 0 amide bonds. The maximum absolute atomic E-state index is 12.0. The molecule has 0 radical (unpaired) electrons. The van der Waals surface area contributed by atoms with Crippen LogP contribution in [0.25, 0.3) is 0 Å². The molecule has 0 aliphatic carbocycles. The minimum atomic E-state index is -4.37. The zero-order valence-electron chi connectivity index (χ0n) is 8.84. The fourth-order valence-electron chi connectivity index (χ4n) is 1.17. The van der Waals surface area contributed by atoms with Crippen molar-refractivity contribution in [3.63, 3.8) is 0 Å². The lowest BCUT2D eigenvalue weighted by atomic mass is 10.2. The van der Waals surface area contributed by atoms with Gasteiger partial charge in [-0.2, -0.15) is 13.2 Å². The highest BCUT2D eigenvalue weighted by Gasteiger charge is 2.26. The molecule has 0 unspecified atom stereocenters. The maximum Gasteiger partial charge on any atom is 0.405 e. The van der Waals surface area contributed by atoms with Crippen LogP contribution in [-0.4, -0.2) is 24.7 Å². The lowest BCUT2D eigenvalue weighted by Crippen LogP contribution is -2.21. The van der Waals surface area contributed by atoms with Crippen molar-refractivity contribution in [1.82, 2.24) is 0 Å². The highest BCUT2D eigenvalue weighted by Crippen LogP contribution is 2.25. The summed E-state index contributed by atoms with van der Waals surface area (Å²) in [5.74, 6) is 0. The monoisotopic (exact) mass is 249 g/mol. The van der Waals surface area contributed by atoms with Crippen LogP contribution in [-0.2, 0) is 0 Å². The molecule has 0 fully saturated rings. The second kappa shape index (κ2) is 4.89. The molecule has 0 bridgehead atoms. The van der Waals surface area contributed by atoms with E-state index in [-0.39, 0.29) is 11.4 Å². The summed E-state index contributed by atoms with van der Waals surface area (Å²) in [5.41, 5.74) is 0.131. The Morgan fingerprint density at radius 1 is 1.29 bits per heavy atom. The van der Waals surface area contributed by atoms with Crippen LogP contribution in [0.1, 0.15) is 0 Å². The van der Waals surface area contributed by atoms with Gasteiger partial charge in [0.25, 0.3) is 5.69 Å². The van der Waals surface area contributed by atoms with Crippen molar-refractivity contribution in [2.45, 2.75) is 6.18 Å². The highest BCUT2D eigenvalue weighted by atomic mass is 19.4. The van der Waals surface area contributed by atoms with Gasteiger partial charge in [0.2, 0.25) is 0 Å². The predicted octanol–water partition coefficient (Wildman–Crippen LogP) is 2.61. The Bertz CT molecular complexity index is 420. The van der Waals surface area contributed by atoms with Crippen molar-refractivity contribution < 1.29 is 18.1 Å². The molecule has 5 nitrogen and oxygen atoms in total. The SMILES string of the molecule is CNc1cc(NCC(F)(F)F)cc([N+](=O)[O-])c1. The molecule has 0 aliphatic heterocycles. The summed E-state index contributed by atoms with van der Waals surface area (Å²) in [7, 11) is 1.52. The summed E-state index contributed by atoms with van der Waals surface area (Å²) in [6.07, 6.45) is -4.37. The number of anilines is 2. The van der Waals surface area contributed by atoms with E-state index in [0.717, 1.165) is 6.07 Å². The summed E-state index contributed by atoms with van der Waals surface area (Å²) in [4.78, 5) is 9.88. The average Bonchev–Trinajstić information content (AvgIpc) is 2.25. The van der Waals surface area contributed by atoms with E-state index in [0.29, 0.717) is 5.69 Å². The molecule has 0 saturated heterocycles. The van der Waals surface area contributed by atoms with E-state index in [1.54, 1.807) is 0 Å². The van der Waals surface area contributed by atoms with Gasteiger partial charge in [0.15, 0.2) is 0 Å². The van der Waals surface area contributed by atoms with E-state index in [9.17, 15) is 23.3 Å². The Labute approximate surface area is 94.8 Å². The molecule has 0 heterocycles. The van der Waals surface area contributed by atoms with Crippen molar-refractivity contribution in [3.05, 3.63) is 28.3 Å². The van der Waals surface area contributed by atoms with E-state index in [4.69, 9.17) is 0 Å². The van der Waals surface area contributed by atoms with Gasteiger partial charge in [-0.1, -0.05) is 0 Å². The van der Waals surface area contributed by atoms with E-state index in [1.807, 2.05) is 0 Å².